The second-order valence-electron chi connectivity index (χ2n) is 10.3. The number of benzene rings is 6. The zero-order chi connectivity index (χ0) is 27.2. The average molecular weight is 540 g/mol. The van der Waals surface area contributed by atoms with Gasteiger partial charge >= 0.3 is 0 Å². The quantitative estimate of drug-likeness (QED) is 0.223. The van der Waals surface area contributed by atoms with Crippen LogP contribution in [-0.2, 0) is 0 Å². The van der Waals surface area contributed by atoms with Crippen molar-refractivity contribution >= 4 is 32.6 Å². The van der Waals surface area contributed by atoms with Crippen LogP contribution in [0.15, 0.2) is 152 Å². The monoisotopic (exact) mass is 539 g/mol. The summed E-state index contributed by atoms with van der Waals surface area (Å²) in [5.74, 6) is 0.672. The van der Waals surface area contributed by atoms with Crippen LogP contribution in [0.5, 0.6) is 0 Å². The van der Waals surface area contributed by atoms with Crippen LogP contribution in [0.3, 0.4) is 0 Å². The molecule has 2 aromatic heterocycles. The van der Waals surface area contributed by atoms with Crippen molar-refractivity contribution < 1.29 is 0 Å². The molecular formula is C39H29N3. The third kappa shape index (κ3) is 4.23. The first-order valence-electron chi connectivity index (χ1n) is 13.8. The summed E-state index contributed by atoms with van der Waals surface area (Å²) >= 11 is 0. The van der Waals surface area contributed by atoms with E-state index < -0.39 is 0 Å². The summed E-state index contributed by atoms with van der Waals surface area (Å²) in [6.45, 7) is 0. The van der Waals surface area contributed by atoms with Crippen molar-refractivity contribution in [1.29, 1.82) is 0 Å². The number of nitrogens with zero attached hydrogens (tertiary/aromatic N) is 3. The van der Waals surface area contributed by atoms with Crippen molar-refractivity contribution in [3.05, 3.63) is 152 Å². The number of rotatable bonds is 4. The Bertz CT molecular complexity index is 2180. The molecule has 0 unspecified atom stereocenters. The van der Waals surface area contributed by atoms with Gasteiger partial charge in [0.05, 0.1) is 16.7 Å². The Morgan fingerprint density at radius 2 is 1.00 bits per heavy atom. The molecule has 0 spiro atoms. The van der Waals surface area contributed by atoms with Gasteiger partial charge in [0.15, 0.2) is 0 Å². The lowest BCUT2D eigenvalue weighted by Crippen LogP contribution is -2.02. The smallest absolute Gasteiger partial charge is 0.235 e. The first kappa shape index (κ1) is 25.4. The number of aromatic nitrogens is 3. The Morgan fingerprint density at radius 1 is 0.429 bits per heavy atom. The molecule has 0 aliphatic rings. The van der Waals surface area contributed by atoms with E-state index >= 15 is 0 Å². The predicted octanol–water partition coefficient (Wildman–Crippen LogP) is 10.4. The molecule has 0 saturated carbocycles. The van der Waals surface area contributed by atoms with E-state index in [4.69, 9.17) is 9.97 Å². The summed E-state index contributed by atoms with van der Waals surface area (Å²) < 4.78 is 2.21. The van der Waals surface area contributed by atoms with E-state index in [1.165, 1.54) is 43.8 Å². The maximum absolute atomic E-state index is 5.09. The van der Waals surface area contributed by atoms with E-state index in [-0.39, 0.29) is 7.43 Å². The van der Waals surface area contributed by atoms with E-state index in [9.17, 15) is 0 Å². The van der Waals surface area contributed by atoms with Gasteiger partial charge in [-0.2, -0.15) is 0 Å². The molecule has 3 nitrogen and oxygen atoms in total. The molecule has 8 rings (SSSR count). The lowest BCUT2D eigenvalue weighted by atomic mass is 9.99. The Kier molecular flexibility index (Phi) is 6.33. The normalized spacial score (nSPS) is 11.1. The molecular weight excluding hydrogens is 510 g/mol. The van der Waals surface area contributed by atoms with Crippen molar-refractivity contribution in [2.24, 2.45) is 0 Å². The minimum absolute atomic E-state index is 0. The van der Waals surface area contributed by atoms with Gasteiger partial charge < -0.3 is 0 Å². The fourth-order valence-electron chi connectivity index (χ4n) is 5.87. The molecule has 8 aromatic rings. The van der Waals surface area contributed by atoms with Gasteiger partial charge in [-0.3, -0.25) is 4.57 Å². The van der Waals surface area contributed by atoms with Crippen LogP contribution in [0, 0.1) is 0 Å². The number of fused-ring (bicyclic) bond motifs is 5. The van der Waals surface area contributed by atoms with Gasteiger partial charge in [0, 0.05) is 27.9 Å². The second-order valence-corrected chi connectivity index (χ2v) is 10.3. The average Bonchev–Trinajstić information content (AvgIpc) is 3.40. The van der Waals surface area contributed by atoms with Crippen LogP contribution in [-0.4, -0.2) is 14.5 Å². The Morgan fingerprint density at radius 3 is 1.71 bits per heavy atom. The summed E-state index contributed by atoms with van der Waals surface area (Å²) in [7, 11) is 0. The van der Waals surface area contributed by atoms with Gasteiger partial charge in [0.25, 0.3) is 0 Å². The second kappa shape index (κ2) is 10.5. The third-order valence-electron chi connectivity index (χ3n) is 7.91. The van der Waals surface area contributed by atoms with Crippen molar-refractivity contribution in [3.63, 3.8) is 0 Å². The largest absolute Gasteiger partial charge is 0.277 e. The molecule has 200 valence electrons. The SMILES string of the molecule is C.c1ccc(-c2ccc(-c3ccc(-c4ccnc(-n5c6ccccc6c6ccc7ccccc7c65)n4)cc3)cc2)cc1. The minimum Gasteiger partial charge on any atom is -0.277 e. The molecule has 6 aromatic carbocycles. The highest BCUT2D eigenvalue weighted by Gasteiger charge is 2.16. The lowest BCUT2D eigenvalue weighted by molar-refractivity contribution is 0.994. The van der Waals surface area contributed by atoms with Crippen LogP contribution in [0.1, 0.15) is 7.43 Å². The molecule has 0 N–H and O–H groups in total. The van der Waals surface area contributed by atoms with Gasteiger partial charge in [-0.1, -0.05) is 141 Å². The van der Waals surface area contributed by atoms with E-state index in [0.717, 1.165) is 22.3 Å². The Labute approximate surface area is 245 Å². The first-order valence-corrected chi connectivity index (χ1v) is 13.8. The van der Waals surface area contributed by atoms with Crippen molar-refractivity contribution in [3.8, 4) is 39.5 Å². The van der Waals surface area contributed by atoms with Gasteiger partial charge in [0.2, 0.25) is 5.95 Å². The Hall–Kier alpha value is -5.54. The van der Waals surface area contributed by atoms with Crippen molar-refractivity contribution in [2.45, 2.75) is 7.43 Å². The van der Waals surface area contributed by atoms with Crippen molar-refractivity contribution in [1.82, 2.24) is 14.5 Å². The zero-order valence-electron chi connectivity index (χ0n) is 22.3. The topological polar surface area (TPSA) is 30.7 Å². The van der Waals surface area contributed by atoms with Crippen LogP contribution >= 0.6 is 0 Å². The molecule has 3 heteroatoms. The molecule has 0 saturated heterocycles. The fourth-order valence-corrected chi connectivity index (χ4v) is 5.87. The van der Waals surface area contributed by atoms with Crippen LogP contribution in [0.25, 0.3) is 72.0 Å². The number of para-hydroxylation sites is 1. The number of hydrogen-bond acceptors (Lipinski definition) is 2. The summed E-state index contributed by atoms with van der Waals surface area (Å²) in [5.41, 5.74) is 9.01. The minimum atomic E-state index is 0. The Balaban J connectivity index is 0.00000288. The van der Waals surface area contributed by atoms with E-state index in [1.807, 2.05) is 18.3 Å². The summed E-state index contributed by atoms with van der Waals surface area (Å²) in [6, 6.07) is 51.3. The maximum atomic E-state index is 5.09. The third-order valence-corrected chi connectivity index (χ3v) is 7.91. The van der Waals surface area contributed by atoms with Gasteiger partial charge in [-0.15, -0.1) is 0 Å². The van der Waals surface area contributed by atoms with Gasteiger partial charge in [-0.05, 0) is 39.8 Å². The van der Waals surface area contributed by atoms with E-state index in [1.54, 1.807) is 0 Å². The van der Waals surface area contributed by atoms with Crippen molar-refractivity contribution in [2.75, 3.05) is 0 Å². The fraction of sp³-hybridized carbons (Fsp3) is 0.0256. The molecule has 42 heavy (non-hydrogen) atoms. The van der Waals surface area contributed by atoms with Gasteiger partial charge in [-0.25, -0.2) is 9.97 Å². The summed E-state index contributed by atoms with van der Waals surface area (Å²) in [4.78, 5) is 9.86. The van der Waals surface area contributed by atoms with Crippen LogP contribution < -0.4 is 0 Å². The highest BCUT2D eigenvalue weighted by Crippen LogP contribution is 2.36. The highest BCUT2D eigenvalue weighted by atomic mass is 15.2. The molecule has 0 aliphatic carbocycles. The first-order chi connectivity index (χ1) is 20.3. The van der Waals surface area contributed by atoms with Crippen LogP contribution in [0.4, 0.5) is 0 Å². The summed E-state index contributed by atoms with van der Waals surface area (Å²) in [5, 5.41) is 4.80. The zero-order valence-corrected chi connectivity index (χ0v) is 22.3. The van der Waals surface area contributed by atoms with Gasteiger partial charge in [0.1, 0.15) is 0 Å². The highest BCUT2D eigenvalue weighted by molar-refractivity contribution is 6.18. The maximum Gasteiger partial charge on any atom is 0.235 e. The molecule has 0 bridgehead atoms. The molecule has 0 atom stereocenters. The van der Waals surface area contributed by atoms with E-state index in [2.05, 4.69) is 138 Å². The molecule has 0 amide bonds. The predicted molar refractivity (Wildman–Crippen MR) is 177 cm³/mol. The molecule has 0 aliphatic heterocycles. The molecule has 2 heterocycles. The summed E-state index contributed by atoms with van der Waals surface area (Å²) in [6.07, 6.45) is 1.86. The van der Waals surface area contributed by atoms with Crippen LogP contribution in [0.2, 0.25) is 0 Å². The lowest BCUT2D eigenvalue weighted by Gasteiger charge is -2.10. The molecule has 0 radical (unpaired) electrons. The molecule has 0 fully saturated rings. The standard InChI is InChI=1S/C38H25N3.CH4/c1-2-8-26(9-3-1)27-14-16-28(17-15-27)29-18-20-31(21-19-29)35-24-25-39-38(40-35)41-36-13-7-6-12-33(36)34-23-22-30-10-4-5-11-32(30)37(34)41;/h1-25H;1H4. The number of hydrogen-bond donors (Lipinski definition) is 0. The van der Waals surface area contributed by atoms with E-state index in [0.29, 0.717) is 5.95 Å².